The van der Waals surface area contributed by atoms with Gasteiger partial charge in [-0.3, -0.25) is 9.59 Å². The van der Waals surface area contributed by atoms with Crippen LogP contribution in [-0.4, -0.2) is 14.9 Å². The zero-order chi connectivity index (χ0) is 18.8. The van der Waals surface area contributed by atoms with Crippen LogP contribution in [0, 0.1) is 5.82 Å². The number of hydrogen-bond acceptors (Lipinski definition) is 2. The van der Waals surface area contributed by atoms with Crippen molar-refractivity contribution in [3.63, 3.8) is 0 Å². The van der Waals surface area contributed by atoms with Gasteiger partial charge in [0.1, 0.15) is 11.3 Å². The van der Waals surface area contributed by atoms with Crippen LogP contribution in [-0.2, 0) is 11.3 Å². The van der Waals surface area contributed by atoms with Crippen molar-refractivity contribution in [2.24, 2.45) is 0 Å². The van der Waals surface area contributed by atoms with Crippen LogP contribution in [0.3, 0.4) is 0 Å². The molecule has 0 aliphatic rings. The molecule has 1 N–H and O–H groups in total. The Morgan fingerprint density at radius 3 is 2.41 bits per heavy atom. The molecule has 0 bridgehead atoms. The Labute approximate surface area is 154 Å². The Bertz CT molecular complexity index is 1180. The van der Waals surface area contributed by atoms with E-state index in [1.54, 1.807) is 10.6 Å². The minimum Gasteiger partial charge on any atom is -0.326 e. The van der Waals surface area contributed by atoms with Gasteiger partial charge in [-0.2, -0.15) is 0 Å². The minimum absolute atomic E-state index is 0.0716. The Kier molecular flexibility index (Phi) is 4.46. The number of carbonyl (C=O) groups is 1. The smallest absolute Gasteiger partial charge is 0.275 e. The van der Waals surface area contributed by atoms with Crippen LogP contribution in [0.5, 0.6) is 0 Å². The largest absolute Gasteiger partial charge is 0.326 e. The van der Waals surface area contributed by atoms with Crippen molar-refractivity contribution < 1.29 is 9.18 Å². The molecule has 0 fully saturated rings. The minimum atomic E-state index is -0.347. The van der Waals surface area contributed by atoms with Crippen LogP contribution in [0.25, 0.3) is 16.6 Å². The van der Waals surface area contributed by atoms with Crippen molar-refractivity contribution in [1.29, 1.82) is 0 Å². The van der Waals surface area contributed by atoms with E-state index < -0.39 is 0 Å². The molecule has 27 heavy (non-hydrogen) atoms. The van der Waals surface area contributed by atoms with Gasteiger partial charge in [-0.05, 0) is 55.0 Å². The Morgan fingerprint density at radius 2 is 1.63 bits per heavy atom. The van der Waals surface area contributed by atoms with E-state index in [2.05, 4.69) is 5.32 Å². The number of para-hydroxylation sites is 2. The van der Waals surface area contributed by atoms with Crippen molar-refractivity contribution in [2.75, 3.05) is 5.32 Å². The van der Waals surface area contributed by atoms with E-state index in [1.165, 1.54) is 24.3 Å². The fraction of sp³-hybridized carbons (Fsp3) is 0.143. The standard InChI is InChI=1S/C21H18FN3O2/c22-15-9-11-16(12-10-15)23-20(26)8-4-14-25-18-6-2-1-5-17(18)24-13-3-7-19(24)21(25)27/h1-3,5-7,9-13H,4,8,14H2,(H,23,26). The lowest BCUT2D eigenvalue weighted by molar-refractivity contribution is -0.116. The van der Waals surface area contributed by atoms with E-state index >= 15 is 0 Å². The number of aromatic nitrogens is 2. The first-order chi connectivity index (χ1) is 13.1. The molecule has 6 heteroatoms. The highest BCUT2D eigenvalue weighted by molar-refractivity contribution is 5.90. The highest BCUT2D eigenvalue weighted by Crippen LogP contribution is 2.16. The average Bonchev–Trinajstić information content (AvgIpc) is 3.17. The van der Waals surface area contributed by atoms with Gasteiger partial charge in [0.05, 0.1) is 11.0 Å². The van der Waals surface area contributed by atoms with E-state index in [1.807, 2.05) is 40.9 Å². The third-order valence-corrected chi connectivity index (χ3v) is 4.56. The first-order valence-electron chi connectivity index (χ1n) is 8.77. The molecule has 0 unspecified atom stereocenters. The summed E-state index contributed by atoms with van der Waals surface area (Å²) in [5, 5.41) is 2.74. The zero-order valence-electron chi connectivity index (χ0n) is 14.6. The van der Waals surface area contributed by atoms with Crippen LogP contribution in [0.1, 0.15) is 12.8 Å². The number of fused-ring (bicyclic) bond motifs is 3. The van der Waals surface area contributed by atoms with Gasteiger partial charge in [-0.25, -0.2) is 4.39 Å². The molecule has 0 saturated heterocycles. The molecule has 0 radical (unpaired) electrons. The summed E-state index contributed by atoms with van der Waals surface area (Å²) >= 11 is 0. The maximum atomic E-state index is 12.9. The molecule has 0 atom stereocenters. The number of aryl methyl sites for hydroxylation is 1. The van der Waals surface area contributed by atoms with Crippen molar-refractivity contribution in [3.05, 3.63) is 83.0 Å². The number of nitrogens with one attached hydrogen (secondary N) is 1. The summed E-state index contributed by atoms with van der Waals surface area (Å²) in [5.74, 6) is -0.511. The molecule has 0 spiro atoms. The molecule has 4 aromatic rings. The first kappa shape index (κ1) is 17.0. The van der Waals surface area contributed by atoms with Crippen LogP contribution < -0.4 is 10.9 Å². The number of anilines is 1. The third kappa shape index (κ3) is 3.33. The van der Waals surface area contributed by atoms with Gasteiger partial charge in [-0.1, -0.05) is 12.1 Å². The predicted octanol–water partition coefficient (Wildman–Crippen LogP) is 3.81. The lowest BCUT2D eigenvalue weighted by atomic mass is 10.2. The maximum absolute atomic E-state index is 12.9. The van der Waals surface area contributed by atoms with Gasteiger partial charge in [0.15, 0.2) is 0 Å². The van der Waals surface area contributed by atoms with Gasteiger partial charge in [-0.15, -0.1) is 0 Å². The molecular formula is C21H18FN3O2. The molecule has 0 saturated carbocycles. The predicted molar refractivity (Wildman–Crippen MR) is 103 cm³/mol. The fourth-order valence-electron chi connectivity index (χ4n) is 3.29. The molecule has 136 valence electrons. The zero-order valence-corrected chi connectivity index (χ0v) is 14.6. The number of rotatable bonds is 5. The third-order valence-electron chi connectivity index (χ3n) is 4.56. The van der Waals surface area contributed by atoms with E-state index in [0.717, 1.165) is 11.0 Å². The number of halogens is 1. The number of nitrogens with zero attached hydrogens (tertiary/aromatic N) is 2. The number of carbonyl (C=O) groups excluding carboxylic acids is 1. The van der Waals surface area contributed by atoms with Crippen LogP contribution in [0.15, 0.2) is 71.7 Å². The second-order valence-corrected chi connectivity index (χ2v) is 6.37. The molecule has 5 nitrogen and oxygen atoms in total. The van der Waals surface area contributed by atoms with Crippen molar-refractivity contribution in [2.45, 2.75) is 19.4 Å². The fourth-order valence-corrected chi connectivity index (χ4v) is 3.29. The Hall–Kier alpha value is -3.41. The summed E-state index contributed by atoms with van der Waals surface area (Å²) < 4.78 is 16.5. The van der Waals surface area contributed by atoms with E-state index in [-0.39, 0.29) is 23.7 Å². The van der Waals surface area contributed by atoms with Crippen LogP contribution >= 0.6 is 0 Å². The van der Waals surface area contributed by atoms with E-state index in [9.17, 15) is 14.0 Å². The van der Waals surface area contributed by atoms with Crippen molar-refractivity contribution in [3.8, 4) is 0 Å². The summed E-state index contributed by atoms with van der Waals surface area (Å²) in [6, 6.07) is 17.0. The van der Waals surface area contributed by atoms with Crippen LogP contribution in [0.4, 0.5) is 10.1 Å². The SMILES string of the molecule is O=C(CCCn1c(=O)c2cccn2c2ccccc21)Nc1ccc(F)cc1. The van der Waals surface area contributed by atoms with E-state index in [0.29, 0.717) is 24.2 Å². The quantitative estimate of drug-likeness (QED) is 0.586. The number of benzene rings is 2. The summed E-state index contributed by atoms with van der Waals surface area (Å²) in [7, 11) is 0. The number of hydrogen-bond donors (Lipinski definition) is 1. The second-order valence-electron chi connectivity index (χ2n) is 6.37. The highest BCUT2D eigenvalue weighted by Gasteiger charge is 2.10. The molecule has 0 aliphatic heterocycles. The molecule has 1 amide bonds. The number of amides is 1. The first-order valence-corrected chi connectivity index (χ1v) is 8.77. The highest BCUT2D eigenvalue weighted by atomic mass is 19.1. The van der Waals surface area contributed by atoms with Gasteiger partial charge in [0.2, 0.25) is 5.91 Å². The molecule has 2 aromatic carbocycles. The van der Waals surface area contributed by atoms with Gasteiger partial charge >= 0.3 is 0 Å². The summed E-state index contributed by atoms with van der Waals surface area (Å²) in [4.78, 5) is 24.9. The van der Waals surface area contributed by atoms with Gasteiger partial charge in [0, 0.05) is 24.8 Å². The second kappa shape index (κ2) is 7.07. The van der Waals surface area contributed by atoms with Crippen molar-refractivity contribution >= 4 is 28.1 Å². The monoisotopic (exact) mass is 363 g/mol. The lowest BCUT2D eigenvalue weighted by Gasteiger charge is -2.12. The average molecular weight is 363 g/mol. The topological polar surface area (TPSA) is 55.5 Å². The Morgan fingerprint density at radius 1 is 0.926 bits per heavy atom. The molecule has 2 aromatic heterocycles. The summed E-state index contributed by atoms with van der Waals surface area (Å²) in [6.45, 7) is 0.442. The molecular weight excluding hydrogens is 345 g/mol. The van der Waals surface area contributed by atoms with Gasteiger partial charge in [0.25, 0.3) is 5.56 Å². The van der Waals surface area contributed by atoms with Crippen LogP contribution in [0.2, 0.25) is 0 Å². The normalized spacial score (nSPS) is 11.1. The molecule has 2 heterocycles. The van der Waals surface area contributed by atoms with E-state index in [4.69, 9.17) is 0 Å². The Balaban J connectivity index is 1.51. The van der Waals surface area contributed by atoms with Gasteiger partial charge < -0.3 is 14.3 Å². The lowest BCUT2D eigenvalue weighted by Crippen LogP contribution is -2.23. The molecule has 4 rings (SSSR count). The summed E-state index contributed by atoms with van der Waals surface area (Å²) in [5.41, 5.74) is 2.89. The molecule has 0 aliphatic carbocycles. The summed E-state index contributed by atoms with van der Waals surface area (Å²) in [6.07, 6.45) is 2.66. The maximum Gasteiger partial charge on any atom is 0.275 e. The van der Waals surface area contributed by atoms with Crippen molar-refractivity contribution in [1.82, 2.24) is 8.97 Å².